The molecule has 134 valence electrons. The lowest BCUT2D eigenvalue weighted by molar-refractivity contribution is -0.147. The van der Waals surface area contributed by atoms with Gasteiger partial charge in [0.15, 0.2) is 0 Å². The summed E-state index contributed by atoms with van der Waals surface area (Å²) in [6.07, 6.45) is -1.47. The molecule has 0 aromatic rings. The summed E-state index contributed by atoms with van der Waals surface area (Å²) in [5, 5.41) is 23.7. The van der Waals surface area contributed by atoms with Crippen LogP contribution >= 0.6 is 0 Å². The van der Waals surface area contributed by atoms with Crippen LogP contribution in [0, 0.1) is 17.3 Å². The van der Waals surface area contributed by atoms with Gasteiger partial charge in [-0.3, -0.25) is 19.6 Å². The fourth-order valence-electron chi connectivity index (χ4n) is 2.21. The van der Waals surface area contributed by atoms with Crippen molar-refractivity contribution in [3.63, 3.8) is 0 Å². The number of hydrogen-bond acceptors (Lipinski definition) is 5. The van der Waals surface area contributed by atoms with Gasteiger partial charge in [0.25, 0.3) is 5.91 Å². The van der Waals surface area contributed by atoms with Crippen molar-refractivity contribution in [1.29, 1.82) is 0 Å². The lowest BCUT2D eigenvalue weighted by atomic mass is 9.84. The molecule has 0 aliphatic rings. The third-order valence-corrected chi connectivity index (χ3v) is 3.48. The van der Waals surface area contributed by atoms with Crippen molar-refractivity contribution in [2.75, 3.05) is 7.05 Å². The van der Waals surface area contributed by atoms with E-state index in [1.54, 1.807) is 20.8 Å². The Balaban J connectivity index is 5.35. The maximum Gasteiger partial charge on any atom is 0.272 e. The third-order valence-electron chi connectivity index (χ3n) is 3.48. The van der Waals surface area contributed by atoms with Crippen molar-refractivity contribution in [2.24, 2.45) is 17.3 Å². The average Bonchev–Trinajstić information content (AvgIpc) is 2.46. The Bertz CT molecular complexity index is 431. The molecule has 0 spiro atoms. The van der Waals surface area contributed by atoms with Crippen molar-refractivity contribution < 1.29 is 24.7 Å². The second kappa shape index (κ2) is 8.83. The zero-order chi connectivity index (χ0) is 18.4. The molecule has 0 unspecified atom stereocenters. The van der Waals surface area contributed by atoms with Crippen molar-refractivity contribution in [3.8, 4) is 0 Å². The van der Waals surface area contributed by atoms with Crippen LogP contribution < -0.4 is 16.1 Å². The van der Waals surface area contributed by atoms with E-state index in [0.29, 0.717) is 0 Å². The first kappa shape index (κ1) is 21.3. The SMILES string of the molecule is CNC(=O)[C@H](NC(=O)[C@H](CC(C)C)[C@@H](O)C(=O)NO)C(C)(C)C. The number of hydroxylamine groups is 1. The van der Waals surface area contributed by atoms with Crippen molar-refractivity contribution >= 4 is 17.7 Å². The van der Waals surface area contributed by atoms with Gasteiger partial charge in [0.05, 0.1) is 5.92 Å². The summed E-state index contributed by atoms with van der Waals surface area (Å²) in [6.45, 7) is 9.05. The van der Waals surface area contributed by atoms with Crippen LogP contribution in [-0.2, 0) is 14.4 Å². The minimum atomic E-state index is -1.70. The van der Waals surface area contributed by atoms with Gasteiger partial charge in [-0.15, -0.1) is 0 Å². The molecule has 0 saturated heterocycles. The predicted molar refractivity (Wildman–Crippen MR) is 84.3 cm³/mol. The number of carbonyl (C=O) groups excluding carboxylic acids is 3. The van der Waals surface area contributed by atoms with Gasteiger partial charge in [-0.05, 0) is 17.8 Å². The molecule has 8 nitrogen and oxygen atoms in total. The molecule has 23 heavy (non-hydrogen) atoms. The number of rotatable bonds is 7. The molecule has 0 radical (unpaired) electrons. The van der Waals surface area contributed by atoms with Gasteiger partial charge >= 0.3 is 0 Å². The number of nitrogens with one attached hydrogen (secondary N) is 3. The van der Waals surface area contributed by atoms with Gasteiger partial charge in [-0.25, -0.2) is 5.48 Å². The topological polar surface area (TPSA) is 128 Å². The molecule has 0 aliphatic carbocycles. The Hall–Kier alpha value is -1.67. The highest BCUT2D eigenvalue weighted by Gasteiger charge is 2.38. The molecule has 0 fully saturated rings. The molecular formula is C15H29N3O5. The first-order valence-corrected chi connectivity index (χ1v) is 7.59. The van der Waals surface area contributed by atoms with Gasteiger partial charge in [-0.2, -0.15) is 0 Å². The van der Waals surface area contributed by atoms with Crippen LogP contribution in [0.2, 0.25) is 0 Å². The van der Waals surface area contributed by atoms with E-state index in [9.17, 15) is 19.5 Å². The maximum absolute atomic E-state index is 12.5. The molecule has 8 heteroatoms. The second-order valence-corrected chi connectivity index (χ2v) is 7.08. The normalized spacial score (nSPS) is 15.5. The Morgan fingerprint density at radius 1 is 1.04 bits per heavy atom. The van der Waals surface area contributed by atoms with Crippen LogP contribution in [0.1, 0.15) is 41.0 Å². The van der Waals surface area contributed by atoms with Crippen molar-refractivity contribution in [1.82, 2.24) is 16.1 Å². The van der Waals surface area contributed by atoms with Gasteiger partial charge in [0, 0.05) is 7.05 Å². The Kier molecular flexibility index (Phi) is 8.19. The highest BCUT2D eigenvalue weighted by molar-refractivity contribution is 5.92. The van der Waals surface area contributed by atoms with E-state index in [0.717, 1.165) is 0 Å². The molecule has 0 rings (SSSR count). The third kappa shape index (κ3) is 6.54. The molecule has 0 aromatic carbocycles. The van der Waals surface area contributed by atoms with E-state index in [-0.39, 0.29) is 18.2 Å². The summed E-state index contributed by atoms with van der Waals surface area (Å²) in [5.74, 6) is -3.08. The van der Waals surface area contributed by atoms with E-state index in [2.05, 4.69) is 10.6 Å². The highest BCUT2D eigenvalue weighted by atomic mass is 16.5. The van der Waals surface area contributed by atoms with Crippen LogP contribution in [0.15, 0.2) is 0 Å². The summed E-state index contributed by atoms with van der Waals surface area (Å²) >= 11 is 0. The van der Waals surface area contributed by atoms with E-state index in [1.807, 2.05) is 13.8 Å². The molecular weight excluding hydrogens is 302 g/mol. The zero-order valence-electron chi connectivity index (χ0n) is 14.6. The number of carbonyl (C=O) groups is 3. The van der Waals surface area contributed by atoms with Gasteiger partial charge < -0.3 is 15.7 Å². The van der Waals surface area contributed by atoms with E-state index in [1.165, 1.54) is 12.5 Å². The lowest BCUT2D eigenvalue weighted by Gasteiger charge is -2.32. The Morgan fingerprint density at radius 3 is 1.91 bits per heavy atom. The van der Waals surface area contributed by atoms with Crippen molar-refractivity contribution in [3.05, 3.63) is 0 Å². The van der Waals surface area contributed by atoms with Gasteiger partial charge in [-0.1, -0.05) is 34.6 Å². The first-order valence-electron chi connectivity index (χ1n) is 7.59. The highest BCUT2D eigenvalue weighted by Crippen LogP contribution is 2.22. The van der Waals surface area contributed by atoms with Crippen LogP contribution in [0.4, 0.5) is 0 Å². The molecule has 0 aliphatic heterocycles. The summed E-state index contributed by atoms with van der Waals surface area (Å²) in [6, 6.07) is -0.820. The summed E-state index contributed by atoms with van der Waals surface area (Å²) in [7, 11) is 1.47. The molecule has 3 amide bonds. The predicted octanol–water partition coefficient (Wildman–Crippen LogP) is -0.208. The number of aliphatic hydroxyl groups excluding tert-OH is 1. The standard InChI is InChI=1S/C15H29N3O5/c1-8(2)7-9(10(19)13(21)18-23)12(20)17-11(14(22)16-6)15(3,4)5/h8-11,19,23H,7H2,1-6H3,(H,16,22)(H,17,20)(H,18,21)/t9-,10-,11+/m1/s1. The molecule has 5 N–H and O–H groups in total. The van der Waals surface area contributed by atoms with E-state index >= 15 is 0 Å². The zero-order valence-corrected chi connectivity index (χ0v) is 14.6. The average molecular weight is 331 g/mol. The lowest BCUT2D eigenvalue weighted by Crippen LogP contribution is -2.56. The molecule has 0 aromatic heterocycles. The molecule has 0 heterocycles. The molecule has 0 saturated carbocycles. The number of hydrogen-bond donors (Lipinski definition) is 5. The minimum absolute atomic E-state index is 0.0278. The quantitative estimate of drug-likeness (QED) is 0.326. The van der Waals surface area contributed by atoms with Crippen LogP contribution in [-0.4, -0.2) is 47.2 Å². The van der Waals surface area contributed by atoms with Crippen molar-refractivity contribution in [2.45, 2.75) is 53.2 Å². The Labute approximate surface area is 137 Å². The molecule has 0 bridgehead atoms. The van der Waals surface area contributed by atoms with E-state index in [4.69, 9.17) is 5.21 Å². The van der Waals surface area contributed by atoms with Gasteiger partial charge in [0.1, 0.15) is 12.1 Å². The fourth-order valence-corrected chi connectivity index (χ4v) is 2.21. The monoisotopic (exact) mass is 331 g/mol. The summed E-state index contributed by atoms with van der Waals surface area (Å²) in [5.41, 5.74) is 0.789. The minimum Gasteiger partial charge on any atom is -0.382 e. The van der Waals surface area contributed by atoms with Crippen LogP contribution in [0.3, 0.4) is 0 Å². The molecule has 3 atom stereocenters. The number of aliphatic hydroxyl groups is 1. The van der Waals surface area contributed by atoms with Crippen LogP contribution in [0.25, 0.3) is 0 Å². The van der Waals surface area contributed by atoms with Crippen LogP contribution in [0.5, 0.6) is 0 Å². The second-order valence-electron chi connectivity index (χ2n) is 7.08. The summed E-state index contributed by atoms with van der Waals surface area (Å²) < 4.78 is 0. The van der Waals surface area contributed by atoms with Gasteiger partial charge in [0.2, 0.25) is 11.8 Å². The maximum atomic E-state index is 12.5. The number of likely N-dealkylation sites (N-methyl/N-ethyl adjacent to an activating group) is 1. The first-order chi connectivity index (χ1) is 10.4. The smallest absolute Gasteiger partial charge is 0.272 e. The Morgan fingerprint density at radius 2 is 1.57 bits per heavy atom. The summed E-state index contributed by atoms with van der Waals surface area (Å²) in [4.78, 5) is 35.9. The fraction of sp³-hybridized carbons (Fsp3) is 0.800. The largest absolute Gasteiger partial charge is 0.382 e. The number of amides is 3. The van der Waals surface area contributed by atoms with E-state index < -0.39 is 35.3 Å².